The lowest BCUT2D eigenvalue weighted by molar-refractivity contribution is 0.482. The quantitative estimate of drug-likeness (QED) is 0.890. The number of hydrogen-bond acceptors (Lipinski definition) is 2. The molecule has 0 saturated carbocycles. The molecule has 2 N–H and O–H groups in total. The average molecular weight is 327 g/mol. The van der Waals surface area contributed by atoms with Gasteiger partial charge in [-0.2, -0.15) is 0 Å². The van der Waals surface area contributed by atoms with Crippen molar-refractivity contribution >= 4 is 27.5 Å². The molecule has 2 nitrogen and oxygen atoms in total. The van der Waals surface area contributed by atoms with Crippen LogP contribution in [0, 0.1) is 6.92 Å². The van der Waals surface area contributed by atoms with Gasteiger partial charge in [0, 0.05) is 11.0 Å². The fourth-order valence-electron chi connectivity index (χ4n) is 1.56. The van der Waals surface area contributed by atoms with Crippen LogP contribution >= 0.6 is 27.5 Å². The van der Waals surface area contributed by atoms with Crippen LogP contribution in [0.1, 0.15) is 11.1 Å². The molecule has 0 fully saturated rings. The zero-order valence-electron chi connectivity index (χ0n) is 9.91. The Kier molecular flexibility index (Phi) is 4.27. The van der Waals surface area contributed by atoms with Crippen molar-refractivity contribution in [1.82, 2.24) is 0 Å². The van der Waals surface area contributed by atoms with E-state index < -0.39 is 0 Å². The number of hydrogen-bond donors (Lipinski definition) is 1. The maximum absolute atomic E-state index is 6.14. The van der Waals surface area contributed by atoms with Gasteiger partial charge >= 0.3 is 0 Å². The molecule has 0 spiro atoms. The maximum atomic E-state index is 6.14. The Balaban J connectivity index is 2.25. The second kappa shape index (κ2) is 5.74. The Bertz CT molecular complexity index is 572. The van der Waals surface area contributed by atoms with Crippen LogP contribution in [-0.2, 0) is 6.54 Å². The van der Waals surface area contributed by atoms with E-state index in [1.165, 1.54) is 0 Å². The molecule has 0 unspecified atom stereocenters. The third-order valence-electron chi connectivity index (χ3n) is 2.59. The van der Waals surface area contributed by atoms with Gasteiger partial charge in [-0.1, -0.05) is 33.6 Å². The molecule has 0 saturated heterocycles. The van der Waals surface area contributed by atoms with Crippen molar-refractivity contribution in [3.8, 4) is 11.5 Å². The molecule has 0 heterocycles. The Morgan fingerprint density at radius 2 is 2.00 bits per heavy atom. The van der Waals surface area contributed by atoms with Crippen molar-refractivity contribution in [3.05, 3.63) is 57.0 Å². The summed E-state index contributed by atoms with van der Waals surface area (Å²) in [6.07, 6.45) is 0. The van der Waals surface area contributed by atoms with Crippen LogP contribution in [0.25, 0.3) is 0 Å². The van der Waals surface area contributed by atoms with Gasteiger partial charge in [0.15, 0.2) is 0 Å². The molecule has 0 aliphatic carbocycles. The summed E-state index contributed by atoms with van der Waals surface area (Å²) in [5.41, 5.74) is 7.65. The first-order valence-corrected chi connectivity index (χ1v) is 6.70. The molecule has 18 heavy (non-hydrogen) atoms. The van der Waals surface area contributed by atoms with Crippen molar-refractivity contribution in [2.24, 2.45) is 5.73 Å². The zero-order chi connectivity index (χ0) is 13.1. The fourth-order valence-corrected chi connectivity index (χ4v) is 2.05. The van der Waals surface area contributed by atoms with Gasteiger partial charge in [0.1, 0.15) is 11.5 Å². The molecular formula is C14H13BrClNO. The van der Waals surface area contributed by atoms with Gasteiger partial charge < -0.3 is 10.5 Å². The summed E-state index contributed by atoms with van der Waals surface area (Å²) < 4.78 is 6.81. The zero-order valence-corrected chi connectivity index (χ0v) is 12.3. The maximum Gasteiger partial charge on any atom is 0.146 e. The topological polar surface area (TPSA) is 35.2 Å². The summed E-state index contributed by atoms with van der Waals surface area (Å²) in [7, 11) is 0. The molecule has 0 bridgehead atoms. The summed E-state index contributed by atoms with van der Waals surface area (Å²) in [5, 5.41) is 0.568. The molecule has 0 radical (unpaired) electrons. The second-order valence-corrected chi connectivity index (χ2v) is 5.24. The molecule has 0 amide bonds. The van der Waals surface area contributed by atoms with Gasteiger partial charge in [-0.25, -0.2) is 0 Å². The van der Waals surface area contributed by atoms with E-state index in [0.29, 0.717) is 17.3 Å². The van der Waals surface area contributed by atoms with Crippen LogP contribution in [0.5, 0.6) is 11.5 Å². The normalized spacial score (nSPS) is 10.4. The monoisotopic (exact) mass is 325 g/mol. The Hall–Kier alpha value is -1.03. The largest absolute Gasteiger partial charge is 0.456 e. The average Bonchev–Trinajstić information content (AvgIpc) is 2.36. The smallest absolute Gasteiger partial charge is 0.146 e. The third-order valence-corrected chi connectivity index (χ3v) is 3.77. The highest BCUT2D eigenvalue weighted by molar-refractivity contribution is 9.10. The molecule has 0 aromatic heterocycles. The van der Waals surface area contributed by atoms with Crippen molar-refractivity contribution in [2.75, 3.05) is 0 Å². The van der Waals surface area contributed by atoms with Crippen LogP contribution in [0.3, 0.4) is 0 Å². The molecule has 4 heteroatoms. The lowest BCUT2D eigenvalue weighted by Gasteiger charge is -2.09. The van der Waals surface area contributed by atoms with E-state index in [2.05, 4.69) is 15.9 Å². The van der Waals surface area contributed by atoms with Crippen molar-refractivity contribution in [2.45, 2.75) is 13.5 Å². The molecule has 2 rings (SSSR count). The number of benzene rings is 2. The van der Waals surface area contributed by atoms with Gasteiger partial charge in [-0.15, -0.1) is 0 Å². The number of nitrogens with two attached hydrogens (primary N) is 1. The van der Waals surface area contributed by atoms with Crippen LogP contribution in [-0.4, -0.2) is 0 Å². The molecular weight excluding hydrogens is 314 g/mol. The number of halogens is 2. The van der Waals surface area contributed by atoms with Crippen LogP contribution in [0.2, 0.25) is 5.02 Å². The van der Waals surface area contributed by atoms with Crippen LogP contribution in [0.15, 0.2) is 40.9 Å². The van der Waals surface area contributed by atoms with Crippen molar-refractivity contribution in [3.63, 3.8) is 0 Å². The lowest BCUT2D eigenvalue weighted by Crippen LogP contribution is -1.96. The highest BCUT2D eigenvalue weighted by Gasteiger charge is 2.05. The minimum atomic E-state index is 0.470. The molecule has 0 aliphatic rings. The van der Waals surface area contributed by atoms with Gasteiger partial charge in [0.05, 0.1) is 5.02 Å². The predicted octanol–water partition coefficient (Wildman–Crippen LogP) is 4.66. The van der Waals surface area contributed by atoms with E-state index in [1.54, 1.807) is 0 Å². The standard InChI is InChI=1S/C14H13BrClNO/c1-9-6-11(3-4-12(9)15)18-14-5-2-10(8-17)7-13(14)16/h2-7H,8,17H2,1H3. The van der Waals surface area contributed by atoms with E-state index in [9.17, 15) is 0 Å². The van der Waals surface area contributed by atoms with E-state index >= 15 is 0 Å². The minimum Gasteiger partial charge on any atom is -0.456 e. The van der Waals surface area contributed by atoms with Crippen LogP contribution in [0.4, 0.5) is 0 Å². The van der Waals surface area contributed by atoms with Crippen LogP contribution < -0.4 is 10.5 Å². The molecule has 0 aliphatic heterocycles. The van der Waals surface area contributed by atoms with Gasteiger partial charge in [0.25, 0.3) is 0 Å². The number of aryl methyl sites for hydroxylation is 1. The lowest BCUT2D eigenvalue weighted by atomic mass is 10.2. The first-order valence-electron chi connectivity index (χ1n) is 5.52. The van der Waals surface area contributed by atoms with E-state index in [1.807, 2.05) is 43.3 Å². The number of ether oxygens (including phenoxy) is 1. The summed E-state index contributed by atoms with van der Waals surface area (Å²) in [5.74, 6) is 1.40. The van der Waals surface area contributed by atoms with E-state index in [-0.39, 0.29) is 0 Å². The molecule has 0 atom stereocenters. The molecule has 2 aromatic carbocycles. The van der Waals surface area contributed by atoms with Crippen molar-refractivity contribution < 1.29 is 4.74 Å². The van der Waals surface area contributed by atoms with Gasteiger partial charge in [-0.05, 0) is 48.4 Å². The third kappa shape index (κ3) is 3.05. The SMILES string of the molecule is Cc1cc(Oc2ccc(CN)cc2Cl)ccc1Br. The second-order valence-electron chi connectivity index (χ2n) is 3.98. The van der Waals surface area contributed by atoms with E-state index in [4.69, 9.17) is 22.1 Å². The van der Waals surface area contributed by atoms with Gasteiger partial charge in [0.2, 0.25) is 0 Å². The Morgan fingerprint density at radius 3 is 2.61 bits per heavy atom. The molecule has 94 valence electrons. The summed E-state index contributed by atoms with van der Waals surface area (Å²) in [6, 6.07) is 11.4. The number of rotatable bonds is 3. The Labute approximate surface area is 120 Å². The highest BCUT2D eigenvalue weighted by atomic mass is 79.9. The minimum absolute atomic E-state index is 0.470. The predicted molar refractivity (Wildman–Crippen MR) is 78.3 cm³/mol. The molecule has 2 aromatic rings. The first-order chi connectivity index (χ1) is 8.60. The first kappa shape index (κ1) is 13.4. The summed E-state index contributed by atoms with van der Waals surface area (Å²) in [4.78, 5) is 0. The Morgan fingerprint density at radius 1 is 1.22 bits per heavy atom. The summed E-state index contributed by atoms with van der Waals surface area (Å²) in [6.45, 7) is 2.48. The van der Waals surface area contributed by atoms with Gasteiger partial charge in [-0.3, -0.25) is 0 Å². The highest BCUT2D eigenvalue weighted by Crippen LogP contribution is 2.31. The fraction of sp³-hybridized carbons (Fsp3) is 0.143. The summed E-state index contributed by atoms with van der Waals surface area (Å²) >= 11 is 9.59. The van der Waals surface area contributed by atoms with E-state index in [0.717, 1.165) is 21.3 Å². The van der Waals surface area contributed by atoms with Crippen molar-refractivity contribution in [1.29, 1.82) is 0 Å².